The van der Waals surface area contributed by atoms with E-state index in [0.29, 0.717) is 12.5 Å². The Morgan fingerprint density at radius 1 is 0.950 bits per heavy atom. The number of rotatable bonds is 5. The fraction of sp³-hybridized carbons (Fsp3) is 1.00. The maximum absolute atomic E-state index is 10.6. The molecule has 3 aliphatic rings. The van der Waals surface area contributed by atoms with Crippen LogP contribution in [0.1, 0.15) is 44.9 Å². The molecule has 1 aliphatic carbocycles. The Bertz CT molecular complexity index is 307. The maximum atomic E-state index is 10.6. The number of hydrogen-bond donors (Lipinski definition) is 2. The smallest absolute Gasteiger partial charge is 0.0923 e. The molecule has 1 unspecified atom stereocenters. The van der Waals surface area contributed by atoms with E-state index < -0.39 is 5.60 Å². The number of hydrogen-bond acceptors (Lipinski definition) is 4. The summed E-state index contributed by atoms with van der Waals surface area (Å²) in [5, 5.41) is 10.6. The fourth-order valence-electron chi connectivity index (χ4n) is 4.09. The third-order valence-electron chi connectivity index (χ3n) is 5.65. The molecule has 0 spiro atoms. The quantitative estimate of drug-likeness (QED) is 0.790. The highest BCUT2D eigenvalue weighted by Crippen LogP contribution is 2.40. The largest absolute Gasteiger partial charge is 0.387 e. The van der Waals surface area contributed by atoms with Crippen LogP contribution in [-0.2, 0) is 0 Å². The minimum absolute atomic E-state index is 0.420. The van der Waals surface area contributed by atoms with Crippen LogP contribution >= 0.6 is 0 Å². The van der Waals surface area contributed by atoms with Gasteiger partial charge in [0.25, 0.3) is 0 Å². The number of nitrogens with zero attached hydrogens (tertiary/aromatic N) is 2. The van der Waals surface area contributed by atoms with E-state index in [0.717, 1.165) is 38.5 Å². The molecule has 2 heterocycles. The van der Waals surface area contributed by atoms with E-state index in [9.17, 15) is 5.11 Å². The van der Waals surface area contributed by atoms with Gasteiger partial charge in [0, 0.05) is 19.1 Å². The van der Waals surface area contributed by atoms with Crippen molar-refractivity contribution in [1.82, 2.24) is 9.80 Å². The molecule has 4 heteroatoms. The zero-order valence-electron chi connectivity index (χ0n) is 12.8. The Morgan fingerprint density at radius 2 is 1.60 bits per heavy atom. The van der Waals surface area contributed by atoms with Crippen LogP contribution in [0.2, 0.25) is 0 Å². The van der Waals surface area contributed by atoms with Gasteiger partial charge < -0.3 is 20.6 Å². The van der Waals surface area contributed by atoms with Gasteiger partial charge >= 0.3 is 0 Å². The van der Waals surface area contributed by atoms with Gasteiger partial charge in [-0.15, -0.1) is 0 Å². The van der Waals surface area contributed by atoms with Crippen LogP contribution in [0.5, 0.6) is 0 Å². The highest BCUT2D eigenvalue weighted by atomic mass is 16.3. The molecule has 0 bridgehead atoms. The number of aliphatic hydroxyl groups is 1. The van der Waals surface area contributed by atoms with Crippen molar-refractivity contribution in [2.24, 2.45) is 11.7 Å². The summed E-state index contributed by atoms with van der Waals surface area (Å²) in [6.07, 6.45) is 9.05. The molecule has 0 amide bonds. The van der Waals surface area contributed by atoms with Gasteiger partial charge in [0.1, 0.15) is 0 Å². The van der Waals surface area contributed by atoms with Crippen molar-refractivity contribution in [2.45, 2.75) is 56.6 Å². The van der Waals surface area contributed by atoms with Crippen LogP contribution in [0.4, 0.5) is 0 Å². The van der Waals surface area contributed by atoms with Crippen molar-refractivity contribution in [3.8, 4) is 0 Å². The van der Waals surface area contributed by atoms with Gasteiger partial charge in [0.2, 0.25) is 0 Å². The first kappa shape index (κ1) is 14.8. The monoisotopic (exact) mass is 281 g/mol. The fourth-order valence-corrected chi connectivity index (χ4v) is 4.09. The number of piperidine rings is 2. The third kappa shape index (κ3) is 3.35. The van der Waals surface area contributed by atoms with Crippen LogP contribution in [0.3, 0.4) is 0 Å². The zero-order valence-corrected chi connectivity index (χ0v) is 12.8. The second-order valence-electron chi connectivity index (χ2n) is 7.19. The van der Waals surface area contributed by atoms with Crippen molar-refractivity contribution in [2.75, 3.05) is 39.3 Å². The Hall–Kier alpha value is -0.160. The predicted octanol–water partition coefficient (Wildman–Crippen LogP) is 1.04. The molecule has 3 fully saturated rings. The van der Waals surface area contributed by atoms with Gasteiger partial charge in [-0.1, -0.05) is 6.42 Å². The van der Waals surface area contributed by atoms with Crippen LogP contribution in [0.15, 0.2) is 0 Å². The van der Waals surface area contributed by atoms with E-state index in [1.165, 1.54) is 45.2 Å². The van der Waals surface area contributed by atoms with Crippen molar-refractivity contribution in [1.29, 1.82) is 0 Å². The molecule has 116 valence electrons. The first-order chi connectivity index (χ1) is 9.71. The first-order valence-electron chi connectivity index (χ1n) is 8.60. The molecule has 0 aromatic carbocycles. The van der Waals surface area contributed by atoms with Gasteiger partial charge in [-0.2, -0.15) is 0 Å². The van der Waals surface area contributed by atoms with Gasteiger partial charge in [-0.25, -0.2) is 0 Å². The SMILES string of the molecule is NCC(O)(CN1CCC(N2CCCCC2)CC1)C1CC1. The number of likely N-dealkylation sites (tertiary alicyclic amines) is 2. The summed E-state index contributed by atoms with van der Waals surface area (Å²) >= 11 is 0. The summed E-state index contributed by atoms with van der Waals surface area (Å²) in [5.41, 5.74) is 5.21. The summed E-state index contributed by atoms with van der Waals surface area (Å²) < 4.78 is 0. The molecule has 20 heavy (non-hydrogen) atoms. The topological polar surface area (TPSA) is 52.7 Å². The first-order valence-corrected chi connectivity index (χ1v) is 8.60. The third-order valence-corrected chi connectivity index (χ3v) is 5.65. The Morgan fingerprint density at radius 3 is 2.15 bits per heavy atom. The van der Waals surface area contributed by atoms with Gasteiger partial charge in [-0.05, 0) is 70.6 Å². The summed E-state index contributed by atoms with van der Waals surface area (Å²) in [7, 11) is 0. The highest BCUT2D eigenvalue weighted by Gasteiger charge is 2.44. The minimum atomic E-state index is -0.613. The Labute approximate surface area is 123 Å². The zero-order chi connectivity index (χ0) is 14.0. The average molecular weight is 281 g/mol. The van der Waals surface area contributed by atoms with E-state index in [1.54, 1.807) is 0 Å². The summed E-state index contributed by atoms with van der Waals surface area (Å²) in [4.78, 5) is 5.16. The molecule has 2 aliphatic heterocycles. The van der Waals surface area contributed by atoms with E-state index in [-0.39, 0.29) is 0 Å². The van der Waals surface area contributed by atoms with E-state index in [2.05, 4.69) is 9.80 Å². The maximum Gasteiger partial charge on any atom is 0.0923 e. The lowest BCUT2D eigenvalue weighted by atomic mass is 9.94. The van der Waals surface area contributed by atoms with Gasteiger partial charge in [-0.3, -0.25) is 0 Å². The van der Waals surface area contributed by atoms with Crippen molar-refractivity contribution in [3.63, 3.8) is 0 Å². The number of β-amino-alcohol motifs (C(OH)–C–C–N with tert-alkyl or cyclic N) is 1. The van der Waals surface area contributed by atoms with Crippen LogP contribution < -0.4 is 5.73 Å². The average Bonchev–Trinajstić information content (AvgIpc) is 3.34. The normalized spacial score (nSPS) is 30.3. The lowest BCUT2D eigenvalue weighted by molar-refractivity contribution is -0.0204. The minimum Gasteiger partial charge on any atom is -0.387 e. The molecular weight excluding hydrogens is 250 g/mol. The van der Waals surface area contributed by atoms with Crippen LogP contribution in [0.25, 0.3) is 0 Å². The Balaban J connectivity index is 1.45. The summed E-state index contributed by atoms with van der Waals surface area (Å²) in [5.74, 6) is 0.465. The summed E-state index contributed by atoms with van der Waals surface area (Å²) in [6.45, 7) is 6.09. The lowest BCUT2D eigenvalue weighted by Gasteiger charge is -2.42. The van der Waals surface area contributed by atoms with Crippen LogP contribution in [0, 0.1) is 5.92 Å². The van der Waals surface area contributed by atoms with Crippen molar-refractivity contribution in [3.05, 3.63) is 0 Å². The molecule has 3 N–H and O–H groups in total. The van der Waals surface area contributed by atoms with E-state index in [1.807, 2.05) is 0 Å². The van der Waals surface area contributed by atoms with E-state index >= 15 is 0 Å². The standard InChI is InChI=1S/C16H31N3O/c17-12-16(20,14-4-5-14)13-18-10-6-15(7-11-18)19-8-2-1-3-9-19/h14-15,20H,1-13,17H2. The van der Waals surface area contributed by atoms with Crippen molar-refractivity contribution < 1.29 is 5.11 Å². The molecule has 1 atom stereocenters. The molecule has 4 nitrogen and oxygen atoms in total. The molecular formula is C16H31N3O. The number of nitrogens with two attached hydrogens (primary N) is 1. The second-order valence-corrected chi connectivity index (χ2v) is 7.19. The van der Waals surface area contributed by atoms with E-state index in [4.69, 9.17) is 5.73 Å². The van der Waals surface area contributed by atoms with Gasteiger partial charge in [0.15, 0.2) is 0 Å². The molecule has 0 aromatic rings. The molecule has 1 saturated carbocycles. The second kappa shape index (κ2) is 6.30. The van der Waals surface area contributed by atoms with Gasteiger partial charge in [0.05, 0.1) is 5.60 Å². The Kier molecular flexibility index (Phi) is 4.65. The molecule has 2 saturated heterocycles. The molecule has 0 aromatic heterocycles. The lowest BCUT2D eigenvalue weighted by Crippen LogP contribution is -2.54. The summed E-state index contributed by atoms with van der Waals surface area (Å²) in [6, 6.07) is 0.790. The predicted molar refractivity (Wildman–Crippen MR) is 81.6 cm³/mol. The van der Waals surface area contributed by atoms with Crippen molar-refractivity contribution >= 4 is 0 Å². The molecule has 3 rings (SSSR count). The molecule has 0 radical (unpaired) electrons. The van der Waals surface area contributed by atoms with Crippen LogP contribution in [-0.4, -0.2) is 65.8 Å². The highest BCUT2D eigenvalue weighted by molar-refractivity contribution is 4.98.